The second-order valence-electron chi connectivity index (χ2n) is 3.26. The minimum Gasteiger partial charge on any atom is -0.507 e. The van der Waals surface area contributed by atoms with E-state index in [1.165, 1.54) is 18.2 Å². The van der Waals surface area contributed by atoms with Crippen molar-refractivity contribution in [1.29, 1.82) is 0 Å². The van der Waals surface area contributed by atoms with Crippen molar-refractivity contribution < 1.29 is 23.2 Å². The fraction of sp³-hybridized carbons (Fsp3) is 0. The molecule has 0 aliphatic heterocycles. The van der Waals surface area contributed by atoms with E-state index in [0.717, 1.165) is 12.1 Å². The van der Waals surface area contributed by atoms with E-state index >= 15 is 0 Å². The largest absolute Gasteiger partial charge is 0.507 e. The number of aromatic hydroxyl groups is 2. The molecule has 2 aromatic carbocycles. The van der Waals surface area contributed by atoms with Crippen LogP contribution in [0.1, 0.15) is 0 Å². The number of phenols is 2. The molecule has 0 aliphatic carbocycles. The molecule has 7 heteroatoms. The van der Waals surface area contributed by atoms with Gasteiger partial charge in [-0.2, -0.15) is 8.42 Å². The molecule has 0 atom stereocenters. The molecule has 85 valence electrons. The monoisotopic (exact) mass is 263 g/mol. The van der Waals surface area contributed by atoms with Gasteiger partial charge in [-0.25, -0.2) is 0 Å². The molecule has 17 heavy (non-hydrogen) atoms. The molecule has 1 radical (unpaired) electrons. The van der Waals surface area contributed by atoms with Crippen LogP contribution in [-0.2, 0) is 10.1 Å². The van der Waals surface area contributed by atoms with E-state index in [1.54, 1.807) is 0 Å². The van der Waals surface area contributed by atoms with Gasteiger partial charge in [-0.05, 0) is 18.2 Å². The summed E-state index contributed by atoms with van der Waals surface area (Å²) in [6, 6.07) is 6.30. The Morgan fingerprint density at radius 2 is 1.53 bits per heavy atom. The smallest absolute Gasteiger partial charge is 0.295 e. The Morgan fingerprint density at radius 3 is 2.12 bits per heavy atom. The molecule has 2 rings (SSSR count). The first-order valence-electron chi connectivity index (χ1n) is 4.32. The van der Waals surface area contributed by atoms with Crippen LogP contribution in [-0.4, -0.2) is 52.7 Å². The normalized spacial score (nSPS) is 11.1. The van der Waals surface area contributed by atoms with E-state index in [4.69, 9.17) is 4.55 Å². The van der Waals surface area contributed by atoms with Gasteiger partial charge in [0, 0.05) is 34.9 Å². The fourth-order valence-corrected chi connectivity index (χ4v) is 2.26. The molecular weight excluding hydrogens is 255 g/mol. The zero-order chi connectivity index (χ0) is 11.9. The summed E-state index contributed by atoms with van der Waals surface area (Å²) in [7, 11) is -4.39. The summed E-state index contributed by atoms with van der Waals surface area (Å²) in [5.74, 6) is -0.499. The van der Waals surface area contributed by atoms with Crippen LogP contribution in [0.3, 0.4) is 0 Å². The molecule has 0 spiro atoms. The van der Waals surface area contributed by atoms with Crippen molar-refractivity contribution in [3.05, 3.63) is 30.3 Å². The molecule has 3 N–H and O–H groups in total. The van der Waals surface area contributed by atoms with Crippen molar-refractivity contribution >= 4 is 50.4 Å². The Hall–Kier alpha value is -0.790. The summed E-state index contributed by atoms with van der Waals surface area (Å²) in [5, 5.41) is 19.1. The summed E-state index contributed by atoms with van der Waals surface area (Å²) < 4.78 is 31.1. The third-order valence-corrected chi connectivity index (χ3v) is 3.15. The van der Waals surface area contributed by atoms with Gasteiger partial charge >= 0.3 is 0 Å². The molecule has 0 bridgehead atoms. The van der Waals surface area contributed by atoms with Gasteiger partial charge in [0.25, 0.3) is 10.1 Å². The molecular formula is C10H8NaO5S. The SMILES string of the molecule is O=S(=O)(O)c1ccc(O)c2c(O)cccc12.[Na]. The summed E-state index contributed by atoms with van der Waals surface area (Å²) in [6.45, 7) is 0. The second-order valence-corrected chi connectivity index (χ2v) is 4.65. The van der Waals surface area contributed by atoms with Gasteiger partial charge < -0.3 is 10.2 Å². The van der Waals surface area contributed by atoms with Crippen LogP contribution in [0.15, 0.2) is 35.2 Å². The first kappa shape index (κ1) is 14.3. The zero-order valence-corrected chi connectivity index (χ0v) is 11.8. The third-order valence-electron chi connectivity index (χ3n) is 2.23. The Bertz CT molecular complexity index is 657. The van der Waals surface area contributed by atoms with Crippen LogP contribution in [0.5, 0.6) is 11.5 Å². The molecule has 0 unspecified atom stereocenters. The Morgan fingerprint density at radius 1 is 0.941 bits per heavy atom. The minimum atomic E-state index is -4.39. The molecule has 0 aromatic heterocycles. The quantitative estimate of drug-likeness (QED) is 0.529. The Labute approximate surface area is 120 Å². The van der Waals surface area contributed by atoms with Crippen molar-refractivity contribution in [3.8, 4) is 11.5 Å². The summed E-state index contributed by atoms with van der Waals surface area (Å²) >= 11 is 0. The maximum atomic E-state index is 11.1. The van der Waals surface area contributed by atoms with E-state index in [0.29, 0.717) is 0 Å². The fourth-order valence-electron chi connectivity index (χ4n) is 1.57. The predicted octanol–water partition coefficient (Wildman–Crippen LogP) is 1.12. The van der Waals surface area contributed by atoms with Gasteiger partial charge in [-0.15, -0.1) is 0 Å². The first-order chi connectivity index (χ1) is 7.41. The van der Waals surface area contributed by atoms with Gasteiger partial charge in [0.2, 0.25) is 0 Å². The second kappa shape index (κ2) is 4.83. The molecule has 0 saturated carbocycles. The Balaban J connectivity index is 0.00000144. The van der Waals surface area contributed by atoms with E-state index in [9.17, 15) is 18.6 Å². The number of benzene rings is 2. The molecule has 0 saturated heterocycles. The topological polar surface area (TPSA) is 94.8 Å². The van der Waals surface area contributed by atoms with Crippen molar-refractivity contribution in [2.24, 2.45) is 0 Å². The Kier molecular flexibility index (Phi) is 4.06. The van der Waals surface area contributed by atoms with Crippen molar-refractivity contribution in [3.63, 3.8) is 0 Å². The van der Waals surface area contributed by atoms with Crippen molar-refractivity contribution in [2.75, 3.05) is 0 Å². The van der Waals surface area contributed by atoms with E-state index < -0.39 is 10.1 Å². The molecule has 0 amide bonds. The van der Waals surface area contributed by atoms with Crippen molar-refractivity contribution in [2.45, 2.75) is 4.90 Å². The van der Waals surface area contributed by atoms with Gasteiger partial charge in [0.1, 0.15) is 16.4 Å². The van der Waals surface area contributed by atoms with Crippen molar-refractivity contribution in [1.82, 2.24) is 0 Å². The molecule has 0 aliphatic rings. The number of hydrogen-bond donors (Lipinski definition) is 3. The summed E-state index contributed by atoms with van der Waals surface area (Å²) in [4.78, 5) is -0.351. The predicted molar refractivity (Wildman–Crippen MR) is 62.8 cm³/mol. The van der Waals surface area contributed by atoms with Crippen LogP contribution in [0.2, 0.25) is 0 Å². The maximum Gasteiger partial charge on any atom is 0.295 e. The number of rotatable bonds is 1. The standard InChI is InChI=1S/C10H8O5S.Na/c11-7-3-1-2-6-9(16(13,14)15)5-4-8(12)10(6)7;/h1-5,11-12H,(H,13,14,15);. The molecule has 0 heterocycles. The third kappa shape index (κ3) is 2.56. The van der Waals surface area contributed by atoms with Crippen LogP contribution in [0.25, 0.3) is 10.8 Å². The van der Waals surface area contributed by atoms with Gasteiger partial charge in [0.05, 0.1) is 5.39 Å². The van der Waals surface area contributed by atoms with E-state index in [2.05, 4.69) is 0 Å². The number of fused-ring (bicyclic) bond motifs is 1. The van der Waals surface area contributed by atoms with E-state index in [-0.39, 0.29) is 56.7 Å². The number of hydrogen-bond acceptors (Lipinski definition) is 4. The maximum absolute atomic E-state index is 11.1. The average molecular weight is 263 g/mol. The van der Waals surface area contributed by atoms with Gasteiger partial charge in [-0.3, -0.25) is 4.55 Å². The van der Waals surface area contributed by atoms with E-state index in [1.807, 2.05) is 0 Å². The molecule has 5 nitrogen and oxygen atoms in total. The zero-order valence-electron chi connectivity index (χ0n) is 8.95. The van der Waals surface area contributed by atoms with Crippen LogP contribution >= 0.6 is 0 Å². The first-order valence-corrected chi connectivity index (χ1v) is 5.76. The van der Waals surface area contributed by atoms with Gasteiger partial charge in [-0.1, -0.05) is 12.1 Å². The van der Waals surface area contributed by atoms with Crippen LogP contribution < -0.4 is 0 Å². The molecule has 0 fully saturated rings. The summed E-state index contributed by atoms with van der Waals surface area (Å²) in [6.07, 6.45) is 0. The summed E-state index contributed by atoms with van der Waals surface area (Å²) in [5.41, 5.74) is 0. The minimum absolute atomic E-state index is 0. The van der Waals surface area contributed by atoms with Gasteiger partial charge in [0.15, 0.2) is 0 Å². The van der Waals surface area contributed by atoms with Crippen LogP contribution in [0, 0.1) is 0 Å². The molecule has 2 aromatic rings. The van der Waals surface area contributed by atoms with Crippen LogP contribution in [0.4, 0.5) is 0 Å². The number of phenolic OH excluding ortho intramolecular Hbond substituents is 2. The average Bonchev–Trinajstić information content (AvgIpc) is 2.16.